The van der Waals surface area contributed by atoms with Crippen molar-refractivity contribution in [3.8, 4) is 0 Å². The number of nitrogens with one attached hydrogen (secondary N) is 1. The van der Waals surface area contributed by atoms with Gasteiger partial charge >= 0.3 is 0 Å². The molecule has 0 aliphatic heterocycles. The van der Waals surface area contributed by atoms with E-state index in [9.17, 15) is 13.2 Å². The Morgan fingerprint density at radius 1 is 1.14 bits per heavy atom. The number of hydrogen-bond acceptors (Lipinski definition) is 3. The van der Waals surface area contributed by atoms with Crippen LogP contribution < -0.4 is 5.32 Å². The molecule has 5 heteroatoms. The van der Waals surface area contributed by atoms with Crippen molar-refractivity contribution in [1.82, 2.24) is 5.32 Å². The number of sulfone groups is 1. The molecule has 1 N–H and O–H groups in total. The Balaban J connectivity index is 2.88. The molecular formula is C17H27NO3S. The molecule has 0 atom stereocenters. The van der Waals surface area contributed by atoms with E-state index in [4.69, 9.17) is 0 Å². The van der Waals surface area contributed by atoms with E-state index in [1.165, 1.54) is 6.26 Å². The van der Waals surface area contributed by atoms with E-state index in [0.717, 1.165) is 6.42 Å². The molecule has 1 aromatic carbocycles. The lowest BCUT2D eigenvalue weighted by molar-refractivity contribution is 0.0891. The minimum atomic E-state index is -3.11. The van der Waals surface area contributed by atoms with Gasteiger partial charge < -0.3 is 5.32 Å². The van der Waals surface area contributed by atoms with Crippen molar-refractivity contribution >= 4 is 15.7 Å². The van der Waals surface area contributed by atoms with Crippen molar-refractivity contribution in [2.45, 2.75) is 52.3 Å². The topological polar surface area (TPSA) is 63.2 Å². The fourth-order valence-electron chi connectivity index (χ4n) is 2.85. The minimum Gasteiger partial charge on any atom is -0.347 e. The zero-order valence-corrected chi connectivity index (χ0v) is 15.2. The average molecular weight is 325 g/mol. The Bertz CT molecular complexity index is 640. The van der Waals surface area contributed by atoms with Crippen LogP contribution in [-0.4, -0.2) is 26.1 Å². The Morgan fingerprint density at radius 2 is 1.73 bits per heavy atom. The zero-order valence-electron chi connectivity index (χ0n) is 14.4. The van der Waals surface area contributed by atoms with E-state index in [0.29, 0.717) is 11.1 Å². The lowest BCUT2D eigenvalue weighted by Gasteiger charge is -2.33. The Labute approximate surface area is 134 Å². The first-order valence-corrected chi connectivity index (χ1v) is 9.43. The first kappa shape index (κ1) is 18.7. The highest BCUT2D eigenvalue weighted by Crippen LogP contribution is 2.27. The van der Waals surface area contributed by atoms with Gasteiger partial charge in [-0.2, -0.15) is 0 Å². The number of rotatable bonds is 5. The van der Waals surface area contributed by atoms with Crippen LogP contribution >= 0.6 is 0 Å². The molecule has 0 aliphatic rings. The average Bonchev–Trinajstić information content (AvgIpc) is 2.22. The molecule has 4 nitrogen and oxygen atoms in total. The van der Waals surface area contributed by atoms with Crippen molar-refractivity contribution in [3.63, 3.8) is 0 Å². The molecule has 0 aliphatic carbocycles. The molecule has 0 heterocycles. The number of benzene rings is 1. The van der Waals surface area contributed by atoms with Crippen LogP contribution in [0.2, 0.25) is 0 Å². The fourth-order valence-corrected chi connectivity index (χ4v) is 3.64. The first-order chi connectivity index (χ1) is 9.77. The second-order valence-corrected chi connectivity index (χ2v) is 9.99. The molecule has 0 bridgehead atoms. The molecule has 124 valence electrons. The standard InChI is InChI=1S/C17H27NO3S/c1-16(2,3)12-17(4,5)18-15(19)14-9-7-8-13(10-14)11-22(6,20)21/h7-10H,11-12H2,1-6H3,(H,18,19). The van der Waals surface area contributed by atoms with Crippen LogP contribution in [0, 0.1) is 5.41 Å². The molecule has 0 saturated heterocycles. The Morgan fingerprint density at radius 3 is 2.23 bits per heavy atom. The molecule has 0 unspecified atom stereocenters. The summed E-state index contributed by atoms with van der Waals surface area (Å²) in [5, 5.41) is 3.03. The van der Waals surface area contributed by atoms with E-state index in [1.54, 1.807) is 24.3 Å². The molecule has 22 heavy (non-hydrogen) atoms. The molecule has 0 fully saturated rings. The molecule has 0 saturated carbocycles. The van der Waals surface area contributed by atoms with Crippen LogP contribution in [0.15, 0.2) is 24.3 Å². The van der Waals surface area contributed by atoms with E-state index in [1.807, 2.05) is 13.8 Å². The van der Waals surface area contributed by atoms with Crippen molar-refractivity contribution in [2.75, 3.05) is 6.26 Å². The van der Waals surface area contributed by atoms with E-state index in [-0.39, 0.29) is 22.6 Å². The van der Waals surface area contributed by atoms with Gasteiger partial charge in [0.25, 0.3) is 5.91 Å². The van der Waals surface area contributed by atoms with Gasteiger partial charge in [-0.05, 0) is 43.4 Å². The lowest BCUT2D eigenvalue weighted by Crippen LogP contribution is -2.45. The van der Waals surface area contributed by atoms with E-state index < -0.39 is 9.84 Å². The summed E-state index contributed by atoms with van der Waals surface area (Å²) in [4.78, 5) is 12.4. The summed E-state index contributed by atoms with van der Waals surface area (Å²) in [5.41, 5.74) is 0.892. The van der Waals surface area contributed by atoms with Crippen LogP contribution in [0.3, 0.4) is 0 Å². The summed E-state index contributed by atoms with van der Waals surface area (Å²) in [7, 11) is -3.11. The van der Waals surface area contributed by atoms with Crippen molar-refractivity contribution in [1.29, 1.82) is 0 Å². The van der Waals surface area contributed by atoms with Crippen LogP contribution in [0.1, 0.15) is 57.0 Å². The highest BCUT2D eigenvalue weighted by molar-refractivity contribution is 7.89. The SMILES string of the molecule is CC(C)(C)CC(C)(C)NC(=O)c1cccc(CS(C)(=O)=O)c1. The fraction of sp³-hybridized carbons (Fsp3) is 0.588. The number of carbonyl (C=O) groups excluding carboxylic acids is 1. The zero-order chi connectivity index (χ0) is 17.2. The molecule has 1 rings (SSSR count). The largest absolute Gasteiger partial charge is 0.347 e. The van der Waals surface area contributed by atoms with Crippen LogP contribution in [0.4, 0.5) is 0 Å². The third-order valence-corrected chi connectivity index (χ3v) is 3.90. The van der Waals surface area contributed by atoms with Crippen LogP contribution in [0.5, 0.6) is 0 Å². The molecule has 1 aromatic rings. The predicted octanol–water partition coefficient (Wildman–Crippen LogP) is 3.18. The molecule has 0 radical (unpaired) electrons. The maximum absolute atomic E-state index is 12.4. The summed E-state index contributed by atoms with van der Waals surface area (Å²) < 4.78 is 22.7. The van der Waals surface area contributed by atoms with Crippen molar-refractivity contribution in [3.05, 3.63) is 35.4 Å². The predicted molar refractivity (Wildman–Crippen MR) is 90.6 cm³/mol. The number of carbonyl (C=O) groups is 1. The first-order valence-electron chi connectivity index (χ1n) is 7.37. The maximum Gasteiger partial charge on any atom is 0.251 e. The Hall–Kier alpha value is -1.36. The maximum atomic E-state index is 12.4. The van der Waals surface area contributed by atoms with Gasteiger partial charge in [0.1, 0.15) is 0 Å². The summed E-state index contributed by atoms with van der Waals surface area (Å²) in [6.45, 7) is 10.4. The molecule has 0 spiro atoms. The van der Waals surface area contributed by atoms with Gasteiger partial charge in [-0.1, -0.05) is 32.9 Å². The minimum absolute atomic E-state index is 0.0560. The van der Waals surface area contributed by atoms with Crippen LogP contribution in [0.25, 0.3) is 0 Å². The molecule has 1 amide bonds. The van der Waals surface area contributed by atoms with Crippen molar-refractivity contribution in [2.24, 2.45) is 5.41 Å². The molecule has 0 aromatic heterocycles. The third-order valence-electron chi connectivity index (χ3n) is 3.04. The van der Waals surface area contributed by atoms with Crippen molar-refractivity contribution < 1.29 is 13.2 Å². The number of hydrogen-bond donors (Lipinski definition) is 1. The van der Waals surface area contributed by atoms with Gasteiger partial charge in [0.2, 0.25) is 0 Å². The van der Waals surface area contributed by atoms with Gasteiger partial charge in [0, 0.05) is 17.4 Å². The second kappa shape index (κ2) is 6.41. The molecular weight excluding hydrogens is 298 g/mol. The highest BCUT2D eigenvalue weighted by atomic mass is 32.2. The van der Waals surface area contributed by atoms with Gasteiger partial charge in [-0.25, -0.2) is 8.42 Å². The van der Waals surface area contributed by atoms with Gasteiger partial charge in [-0.15, -0.1) is 0 Å². The summed E-state index contributed by atoms with van der Waals surface area (Å²) in [6, 6.07) is 6.78. The van der Waals surface area contributed by atoms with E-state index in [2.05, 4.69) is 26.1 Å². The monoisotopic (exact) mass is 325 g/mol. The quantitative estimate of drug-likeness (QED) is 0.904. The summed E-state index contributed by atoms with van der Waals surface area (Å²) in [6.07, 6.45) is 2.03. The highest BCUT2D eigenvalue weighted by Gasteiger charge is 2.27. The Kier molecular flexibility index (Phi) is 5.44. The normalized spacial score (nSPS) is 13.0. The lowest BCUT2D eigenvalue weighted by atomic mass is 9.81. The third kappa shape index (κ3) is 7.07. The van der Waals surface area contributed by atoms with Gasteiger partial charge in [-0.3, -0.25) is 4.79 Å². The summed E-state index contributed by atoms with van der Waals surface area (Å²) >= 11 is 0. The van der Waals surface area contributed by atoms with Gasteiger partial charge in [0.15, 0.2) is 9.84 Å². The second-order valence-electron chi connectivity index (χ2n) is 7.85. The van der Waals surface area contributed by atoms with E-state index >= 15 is 0 Å². The smallest absolute Gasteiger partial charge is 0.251 e. The van der Waals surface area contributed by atoms with Gasteiger partial charge in [0.05, 0.1) is 5.75 Å². The number of amides is 1. The van der Waals surface area contributed by atoms with Crippen LogP contribution in [-0.2, 0) is 15.6 Å². The summed E-state index contributed by atoms with van der Waals surface area (Å²) in [5.74, 6) is -0.232.